The van der Waals surface area contributed by atoms with Gasteiger partial charge in [-0.3, -0.25) is 0 Å². The molecule has 1 aliphatic heterocycles. The van der Waals surface area contributed by atoms with E-state index in [0.717, 1.165) is 36.8 Å². The van der Waals surface area contributed by atoms with Crippen molar-refractivity contribution in [3.8, 4) is 0 Å². The maximum atomic E-state index is 6.11. The largest absolute Gasteiger partial charge is 0.394 e. The number of ether oxygens (including phenoxy) is 1. The summed E-state index contributed by atoms with van der Waals surface area (Å²) in [5.41, 5.74) is 7.76. The topological polar surface area (TPSA) is 65.1 Å². The molecular weight excluding hydrogens is 228 g/mol. The Labute approximate surface area is 109 Å². The van der Waals surface area contributed by atoms with Crippen LogP contribution < -0.4 is 11.1 Å². The smallest absolute Gasteiger partial charge is 0.148 e. The molecule has 1 fully saturated rings. The van der Waals surface area contributed by atoms with E-state index >= 15 is 0 Å². The first kappa shape index (κ1) is 13.2. The summed E-state index contributed by atoms with van der Waals surface area (Å²) < 4.78 is 7.40. The van der Waals surface area contributed by atoms with Crippen molar-refractivity contribution in [2.24, 2.45) is 5.92 Å². The van der Waals surface area contributed by atoms with E-state index in [1.54, 1.807) is 0 Å². The third-order valence-corrected chi connectivity index (χ3v) is 3.66. The zero-order valence-electron chi connectivity index (χ0n) is 11.7. The van der Waals surface area contributed by atoms with Crippen molar-refractivity contribution >= 4 is 11.5 Å². The number of aryl methyl sites for hydroxylation is 1. The molecule has 2 atom stereocenters. The van der Waals surface area contributed by atoms with E-state index in [4.69, 9.17) is 10.5 Å². The summed E-state index contributed by atoms with van der Waals surface area (Å²) in [5, 5.41) is 8.01. The highest BCUT2D eigenvalue weighted by Gasteiger charge is 2.24. The number of nitrogens with zero attached hydrogens (tertiary/aromatic N) is 2. The van der Waals surface area contributed by atoms with Crippen LogP contribution in [0, 0.1) is 12.8 Å². The molecule has 1 saturated heterocycles. The Bertz CT molecular complexity index is 407. The van der Waals surface area contributed by atoms with Crippen LogP contribution in [0.15, 0.2) is 0 Å². The van der Waals surface area contributed by atoms with Gasteiger partial charge in [-0.05, 0) is 34.1 Å². The highest BCUT2D eigenvalue weighted by Crippen LogP contribution is 2.28. The molecule has 2 heterocycles. The fraction of sp³-hybridized carbons (Fsp3) is 0.769. The molecule has 0 aliphatic carbocycles. The van der Waals surface area contributed by atoms with Gasteiger partial charge in [-0.2, -0.15) is 5.10 Å². The average Bonchev–Trinajstić information content (AvgIpc) is 2.92. The van der Waals surface area contributed by atoms with Crippen LogP contribution in [0.1, 0.15) is 38.9 Å². The Kier molecular flexibility index (Phi) is 3.80. The first-order valence-electron chi connectivity index (χ1n) is 6.69. The van der Waals surface area contributed by atoms with Crippen LogP contribution in [-0.2, 0) is 4.74 Å². The number of nitrogen functional groups attached to an aromatic ring is 1. The lowest BCUT2D eigenvalue weighted by atomic mass is 10.0. The molecule has 0 amide bonds. The molecule has 0 saturated carbocycles. The summed E-state index contributed by atoms with van der Waals surface area (Å²) in [5.74, 6) is 1.50. The van der Waals surface area contributed by atoms with Gasteiger partial charge in [-0.1, -0.05) is 0 Å². The van der Waals surface area contributed by atoms with Gasteiger partial charge >= 0.3 is 0 Å². The van der Waals surface area contributed by atoms with E-state index in [0.29, 0.717) is 18.0 Å². The van der Waals surface area contributed by atoms with Crippen molar-refractivity contribution in [2.75, 3.05) is 24.3 Å². The van der Waals surface area contributed by atoms with Crippen molar-refractivity contribution in [3.05, 3.63) is 5.69 Å². The molecule has 3 N–H and O–H groups in total. The maximum Gasteiger partial charge on any atom is 0.148 e. The van der Waals surface area contributed by atoms with Crippen LogP contribution in [-0.4, -0.2) is 29.0 Å². The van der Waals surface area contributed by atoms with E-state index in [9.17, 15) is 0 Å². The second kappa shape index (κ2) is 5.18. The van der Waals surface area contributed by atoms with Gasteiger partial charge < -0.3 is 15.8 Å². The van der Waals surface area contributed by atoms with Crippen LogP contribution in [0.2, 0.25) is 0 Å². The first-order valence-corrected chi connectivity index (χ1v) is 6.69. The fourth-order valence-electron chi connectivity index (χ4n) is 2.36. The number of rotatable bonds is 4. The molecule has 5 heteroatoms. The van der Waals surface area contributed by atoms with E-state index in [-0.39, 0.29) is 0 Å². The van der Waals surface area contributed by atoms with E-state index in [1.165, 1.54) is 0 Å². The molecule has 2 rings (SSSR count). The Balaban J connectivity index is 2.16. The van der Waals surface area contributed by atoms with Crippen LogP contribution in [0.25, 0.3) is 0 Å². The van der Waals surface area contributed by atoms with Crippen molar-refractivity contribution in [1.82, 2.24) is 9.78 Å². The Morgan fingerprint density at radius 3 is 2.72 bits per heavy atom. The van der Waals surface area contributed by atoms with Crippen LogP contribution in [0.5, 0.6) is 0 Å². The normalized spacial score (nSPS) is 21.5. The highest BCUT2D eigenvalue weighted by molar-refractivity contribution is 5.65. The van der Waals surface area contributed by atoms with Crippen molar-refractivity contribution in [2.45, 2.75) is 46.2 Å². The quantitative estimate of drug-likeness (QED) is 0.862. The summed E-state index contributed by atoms with van der Waals surface area (Å²) in [6, 6.07) is 0.652. The number of nitrogens with two attached hydrogens (primary N) is 1. The summed E-state index contributed by atoms with van der Waals surface area (Å²) in [6.07, 6.45) is 1.11. The Morgan fingerprint density at radius 1 is 1.44 bits per heavy atom. The van der Waals surface area contributed by atoms with Gasteiger partial charge in [0.1, 0.15) is 5.82 Å². The minimum absolute atomic E-state index is 0.301. The van der Waals surface area contributed by atoms with Gasteiger partial charge in [0.05, 0.1) is 18.0 Å². The van der Waals surface area contributed by atoms with Crippen LogP contribution in [0.3, 0.4) is 0 Å². The number of nitrogens with one attached hydrogen (secondary N) is 1. The molecule has 1 aromatic rings. The minimum Gasteiger partial charge on any atom is -0.394 e. The fourth-order valence-corrected chi connectivity index (χ4v) is 2.36. The number of hydrogen-bond donors (Lipinski definition) is 2. The maximum absolute atomic E-state index is 6.11. The third kappa shape index (κ3) is 2.46. The molecule has 18 heavy (non-hydrogen) atoms. The molecule has 102 valence electrons. The average molecular weight is 252 g/mol. The van der Waals surface area contributed by atoms with Gasteiger partial charge in [-0.25, -0.2) is 4.68 Å². The van der Waals surface area contributed by atoms with Gasteiger partial charge in [0.2, 0.25) is 0 Å². The molecule has 0 aromatic carbocycles. The van der Waals surface area contributed by atoms with Gasteiger partial charge in [-0.15, -0.1) is 0 Å². The summed E-state index contributed by atoms with van der Waals surface area (Å²) in [6.45, 7) is 10.1. The van der Waals surface area contributed by atoms with Crippen molar-refractivity contribution in [3.63, 3.8) is 0 Å². The minimum atomic E-state index is 0.301. The zero-order chi connectivity index (χ0) is 13.3. The standard InChI is InChI=1S/C13H24N4O/c1-8(2)17-13(12(14)10(4)16-17)15-9(3)11-5-6-18-7-11/h8-9,11,15H,5-7,14H2,1-4H3. The number of hydrogen-bond acceptors (Lipinski definition) is 4. The lowest BCUT2D eigenvalue weighted by molar-refractivity contribution is 0.183. The molecular formula is C13H24N4O. The highest BCUT2D eigenvalue weighted by atomic mass is 16.5. The molecule has 2 unspecified atom stereocenters. The second-order valence-corrected chi connectivity index (χ2v) is 5.44. The van der Waals surface area contributed by atoms with Crippen LogP contribution >= 0.6 is 0 Å². The van der Waals surface area contributed by atoms with Crippen molar-refractivity contribution in [1.29, 1.82) is 0 Å². The first-order chi connectivity index (χ1) is 8.50. The summed E-state index contributed by atoms with van der Waals surface area (Å²) in [7, 11) is 0. The Morgan fingerprint density at radius 2 is 2.17 bits per heavy atom. The molecule has 0 radical (unpaired) electrons. The SMILES string of the molecule is Cc1nn(C(C)C)c(NC(C)C2CCOC2)c1N. The van der Waals surface area contributed by atoms with Crippen LogP contribution in [0.4, 0.5) is 11.5 Å². The molecule has 1 aromatic heterocycles. The lowest BCUT2D eigenvalue weighted by Crippen LogP contribution is -2.28. The van der Waals surface area contributed by atoms with E-state index < -0.39 is 0 Å². The molecule has 1 aliphatic rings. The van der Waals surface area contributed by atoms with Crippen molar-refractivity contribution < 1.29 is 4.74 Å². The molecule has 5 nitrogen and oxygen atoms in total. The predicted molar refractivity (Wildman–Crippen MR) is 73.8 cm³/mol. The second-order valence-electron chi connectivity index (χ2n) is 5.44. The monoisotopic (exact) mass is 252 g/mol. The summed E-state index contributed by atoms with van der Waals surface area (Å²) in [4.78, 5) is 0. The Hall–Kier alpha value is -1.23. The predicted octanol–water partition coefficient (Wildman–Crippen LogP) is 2.19. The summed E-state index contributed by atoms with van der Waals surface area (Å²) >= 11 is 0. The van der Waals surface area contributed by atoms with E-state index in [2.05, 4.69) is 31.2 Å². The zero-order valence-corrected chi connectivity index (χ0v) is 11.7. The van der Waals surface area contributed by atoms with Gasteiger partial charge in [0.25, 0.3) is 0 Å². The third-order valence-electron chi connectivity index (χ3n) is 3.66. The molecule has 0 bridgehead atoms. The number of aromatic nitrogens is 2. The van der Waals surface area contributed by atoms with Gasteiger partial charge in [0, 0.05) is 24.6 Å². The van der Waals surface area contributed by atoms with E-state index in [1.807, 2.05) is 11.6 Å². The number of anilines is 2. The molecule has 0 spiro atoms. The van der Waals surface area contributed by atoms with Gasteiger partial charge in [0.15, 0.2) is 0 Å². The lowest BCUT2D eigenvalue weighted by Gasteiger charge is -2.22.